The minimum atomic E-state index is -0.535. The van der Waals surface area contributed by atoms with Gasteiger partial charge in [-0.2, -0.15) is 0 Å². The number of rotatable bonds is 17. The molecule has 2 aliphatic carbocycles. The van der Waals surface area contributed by atoms with Crippen molar-refractivity contribution < 1.29 is 8.83 Å². The van der Waals surface area contributed by atoms with Crippen LogP contribution in [0.4, 0.5) is 34.1 Å². The largest absolute Gasteiger partial charge is 0.456 e. The van der Waals surface area contributed by atoms with E-state index in [1.54, 1.807) is 0 Å². The molecule has 2 heterocycles. The van der Waals surface area contributed by atoms with Crippen LogP contribution in [0.5, 0.6) is 0 Å². The van der Waals surface area contributed by atoms with Crippen molar-refractivity contribution in [1.82, 2.24) is 0 Å². The molecule has 26 rings (SSSR count). The summed E-state index contributed by atoms with van der Waals surface area (Å²) in [5, 5.41) is 6.93. The molecule has 0 saturated carbocycles. The molecule has 2 aromatic heterocycles. The van der Waals surface area contributed by atoms with Crippen molar-refractivity contribution in [3.05, 3.63) is 578 Å². The number of anilines is 6. The quantitative estimate of drug-likeness (QED) is 0.0910. The van der Waals surface area contributed by atoms with Gasteiger partial charge < -0.3 is 18.6 Å². The Kier molecular flexibility index (Phi) is 20.0. The van der Waals surface area contributed by atoms with Crippen LogP contribution in [0.15, 0.2) is 543 Å². The maximum absolute atomic E-state index is 6.50. The third-order valence-electron chi connectivity index (χ3n) is 28.2. The highest BCUT2D eigenvalue weighted by molar-refractivity contribution is 6.16. The third-order valence-corrected chi connectivity index (χ3v) is 28.2. The topological polar surface area (TPSA) is 32.8 Å². The molecule has 638 valence electrons. The van der Waals surface area contributed by atoms with E-state index in [0.29, 0.717) is 0 Å². The normalized spacial score (nSPS) is 12.5. The number of benzene rings is 22. The van der Waals surface area contributed by atoms with Crippen LogP contribution in [0, 0.1) is 0 Å². The van der Waals surface area contributed by atoms with Crippen LogP contribution >= 0.6 is 0 Å². The number of furan rings is 2. The van der Waals surface area contributed by atoms with Crippen molar-refractivity contribution in [2.24, 2.45) is 0 Å². The number of nitrogens with zero attached hydrogens (tertiary/aromatic N) is 2. The Morgan fingerprint density at radius 2 is 0.441 bits per heavy atom. The highest BCUT2D eigenvalue weighted by atomic mass is 16.3. The second kappa shape index (κ2) is 33.9. The average Bonchev–Trinajstić information content (AvgIpc) is 1.53. The van der Waals surface area contributed by atoms with Crippen molar-refractivity contribution in [2.45, 2.75) is 10.8 Å². The Morgan fingerprint density at radius 3 is 0.897 bits per heavy atom. The SMILES string of the molecule is c1ccc(-c2ccc(-c3ccc(N(c4ccccc4-c4cccc5oc6ccccc6c45)c4cccc5c4-c4ccccc4C5(c4ccccc4)c4ccccc4)cc3)cc2)cc1.c1ccc(C2(c3ccccc3)c3ccccc3-c3c(-c4ccccc4N(c4ccc(-c5ccc(-c6ccc7ccccc7c6)cc5)cc4)c4ccccc4-c4cccc5oc6ccccc6c45)cccc32)cc1. The fourth-order valence-corrected chi connectivity index (χ4v) is 22.2. The third kappa shape index (κ3) is 13.4. The average molecular weight is 1730 g/mol. The second-order valence-corrected chi connectivity index (χ2v) is 35.4. The standard InChI is InChI=1S/C71H47NO.C61H41NO/c1-3-21-54(22-4-1)71(55-23-5-2-6-24-55)63-31-13-9-27-61(63)69-59(29-17-32-64(69)71)57-25-10-14-33-65(57)72(66-34-15-11-26-58(66)60-30-18-36-68-70(60)62-28-12-16-35-67(62)73-68)56-45-43-50(44-46-56)49-37-39-51(40-38-49)53-42-41-48-19-7-8-20-52(48)47-53;1-4-18-42(19-5-1)43-34-36-44(37-35-43)45-38-40-48(41-39-45)62(55-30-14-11-24-49(55)50-27-16-33-58-59(50)52-26-12-15-32-57(52)63-58)56-31-17-29-54-60(56)51-25-10-13-28-53(51)61(54,46-20-6-2-7-21-46)47-22-8-3-9-23-47/h1-47H;1-41H. The van der Waals surface area contributed by atoms with E-state index in [9.17, 15) is 0 Å². The van der Waals surface area contributed by atoms with E-state index < -0.39 is 10.8 Å². The Labute approximate surface area is 791 Å². The van der Waals surface area contributed by atoms with Gasteiger partial charge in [0.1, 0.15) is 22.3 Å². The molecule has 24 aromatic rings. The molecule has 0 fully saturated rings. The molecular weight excluding hydrogens is 1650 g/mol. The van der Waals surface area contributed by atoms with Crippen molar-refractivity contribution in [3.8, 4) is 100 Å². The first-order chi connectivity index (χ1) is 67.5. The summed E-state index contributed by atoms with van der Waals surface area (Å²) in [5.74, 6) is 0. The highest BCUT2D eigenvalue weighted by Crippen LogP contribution is 2.63. The van der Waals surface area contributed by atoms with Gasteiger partial charge in [0.25, 0.3) is 0 Å². The maximum Gasteiger partial charge on any atom is 0.136 e. The van der Waals surface area contributed by atoms with Crippen LogP contribution in [0.1, 0.15) is 44.5 Å². The van der Waals surface area contributed by atoms with E-state index in [1.807, 2.05) is 12.1 Å². The summed E-state index contributed by atoms with van der Waals surface area (Å²) in [7, 11) is 0. The van der Waals surface area contributed by atoms with E-state index in [0.717, 1.165) is 117 Å². The van der Waals surface area contributed by atoms with Crippen LogP contribution in [0.25, 0.3) is 155 Å². The van der Waals surface area contributed by atoms with Crippen LogP contribution in [-0.4, -0.2) is 0 Å². The predicted octanol–water partition coefficient (Wildman–Crippen LogP) is 35.7. The van der Waals surface area contributed by atoms with Gasteiger partial charge in [0.2, 0.25) is 0 Å². The van der Waals surface area contributed by atoms with E-state index in [2.05, 4.69) is 532 Å². The summed E-state index contributed by atoms with van der Waals surface area (Å²) < 4.78 is 13.0. The minimum Gasteiger partial charge on any atom is -0.456 e. The lowest BCUT2D eigenvalue weighted by Gasteiger charge is -2.34. The predicted molar refractivity (Wildman–Crippen MR) is 567 cm³/mol. The molecular formula is C132H88N2O2. The molecule has 0 bridgehead atoms. The molecule has 0 radical (unpaired) electrons. The van der Waals surface area contributed by atoms with Crippen molar-refractivity contribution in [3.63, 3.8) is 0 Å². The number of hydrogen-bond donors (Lipinski definition) is 0. The summed E-state index contributed by atoms with van der Waals surface area (Å²) >= 11 is 0. The molecule has 22 aromatic carbocycles. The number of hydrogen-bond acceptors (Lipinski definition) is 4. The summed E-state index contributed by atoms with van der Waals surface area (Å²) in [5.41, 5.74) is 40.3. The Bertz CT molecular complexity index is 8540. The fraction of sp³-hybridized carbons (Fsp3) is 0.0152. The van der Waals surface area contributed by atoms with Gasteiger partial charge in [-0.15, -0.1) is 0 Å². The zero-order valence-corrected chi connectivity index (χ0v) is 74.5. The van der Waals surface area contributed by atoms with Crippen LogP contribution < -0.4 is 9.80 Å². The van der Waals surface area contributed by atoms with Gasteiger partial charge in [-0.05, 0) is 212 Å². The molecule has 0 N–H and O–H groups in total. The molecule has 4 nitrogen and oxygen atoms in total. The van der Waals surface area contributed by atoms with Gasteiger partial charge in [0.05, 0.1) is 33.6 Å². The first-order valence-corrected chi connectivity index (χ1v) is 46.8. The molecule has 0 atom stereocenters. The molecule has 2 aliphatic rings. The van der Waals surface area contributed by atoms with Crippen LogP contribution in [-0.2, 0) is 10.8 Å². The maximum atomic E-state index is 6.50. The Balaban J connectivity index is 0.000000146. The summed E-state index contributed by atoms with van der Waals surface area (Å²) in [6.07, 6.45) is 0. The van der Waals surface area contributed by atoms with Gasteiger partial charge >= 0.3 is 0 Å². The van der Waals surface area contributed by atoms with E-state index in [-0.39, 0.29) is 0 Å². The molecule has 4 heteroatoms. The molecule has 0 amide bonds. The van der Waals surface area contributed by atoms with E-state index in [1.165, 1.54) is 116 Å². The molecule has 0 saturated heterocycles. The minimum absolute atomic E-state index is 0.527. The van der Waals surface area contributed by atoms with Gasteiger partial charge in [-0.3, -0.25) is 0 Å². The lowest BCUT2D eigenvalue weighted by molar-refractivity contribution is 0.668. The zero-order chi connectivity index (χ0) is 90.0. The number of fused-ring (bicyclic) bond motifs is 13. The monoisotopic (exact) mass is 1730 g/mol. The molecule has 0 aliphatic heterocycles. The zero-order valence-electron chi connectivity index (χ0n) is 74.5. The fourth-order valence-electron chi connectivity index (χ4n) is 22.2. The first-order valence-electron chi connectivity index (χ1n) is 46.8. The highest BCUT2D eigenvalue weighted by Gasteiger charge is 2.49. The van der Waals surface area contributed by atoms with Gasteiger partial charge in [-0.1, -0.05) is 455 Å². The van der Waals surface area contributed by atoms with Crippen molar-refractivity contribution in [1.29, 1.82) is 0 Å². The van der Waals surface area contributed by atoms with Crippen LogP contribution in [0.2, 0.25) is 0 Å². The van der Waals surface area contributed by atoms with Gasteiger partial charge in [0, 0.05) is 55.2 Å². The van der Waals surface area contributed by atoms with Crippen LogP contribution in [0.3, 0.4) is 0 Å². The molecule has 0 unspecified atom stereocenters. The number of para-hydroxylation sites is 5. The molecule has 0 spiro atoms. The smallest absolute Gasteiger partial charge is 0.136 e. The Morgan fingerprint density at radius 1 is 0.162 bits per heavy atom. The van der Waals surface area contributed by atoms with E-state index in [4.69, 9.17) is 8.83 Å². The molecule has 136 heavy (non-hydrogen) atoms. The van der Waals surface area contributed by atoms with E-state index >= 15 is 0 Å². The Hall–Kier alpha value is -17.7. The van der Waals surface area contributed by atoms with Gasteiger partial charge in [-0.25, -0.2) is 0 Å². The summed E-state index contributed by atoms with van der Waals surface area (Å²) in [6, 6.07) is 194. The van der Waals surface area contributed by atoms with Gasteiger partial charge in [0.15, 0.2) is 0 Å². The summed E-state index contributed by atoms with van der Waals surface area (Å²) in [4.78, 5) is 4.96. The summed E-state index contributed by atoms with van der Waals surface area (Å²) in [6.45, 7) is 0. The van der Waals surface area contributed by atoms with Crippen molar-refractivity contribution >= 4 is 88.8 Å². The van der Waals surface area contributed by atoms with Crippen molar-refractivity contribution in [2.75, 3.05) is 9.80 Å². The second-order valence-electron chi connectivity index (χ2n) is 35.4. The lowest BCUT2D eigenvalue weighted by atomic mass is 9.67. The first kappa shape index (κ1) is 80.4. The lowest BCUT2D eigenvalue weighted by Crippen LogP contribution is -2.28.